The number of hydrogen-bond acceptors (Lipinski definition) is 2. The SMILES string of the molecule is CN1CCN(C(=O)Cc2c(F)cccc2F)c2ccc(F)cc21. The number of amides is 1. The van der Waals surface area contributed by atoms with E-state index in [2.05, 4.69) is 0 Å². The molecule has 0 saturated carbocycles. The van der Waals surface area contributed by atoms with Crippen LogP contribution >= 0.6 is 0 Å². The second kappa shape index (κ2) is 5.95. The molecule has 23 heavy (non-hydrogen) atoms. The zero-order valence-electron chi connectivity index (χ0n) is 12.5. The molecule has 6 heteroatoms. The van der Waals surface area contributed by atoms with E-state index in [0.29, 0.717) is 24.5 Å². The van der Waals surface area contributed by atoms with Gasteiger partial charge in [-0.05, 0) is 30.3 Å². The first-order valence-electron chi connectivity index (χ1n) is 7.21. The Hall–Kier alpha value is -2.50. The summed E-state index contributed by atoms with van der Waals surface area (Å²) in [7, 11) is 1.80. The zero-order chi connectivity index (χ0) is 16.6. The molecule has 0 atom stereocenters. The average Bonchev–Trinajstić information content (AvgIpc) is 2.52. The number of anilines is 2. The third kappa shape index (κ3) is 2.88. The maximum absolute atomic E-state index is 13.7. The summed E-state index contributed by atoms with van der Waals surface area (Å²) < 4.78 is 40.9. The molecule has 3 rings (SSSR count). The number of hydrogen-bond donors (Lipinski definition) is 0. The molecule has 1 aliphatic heterocycles. The minimum atomic E-state index is -0.744. The monoisotopic (exact) mass is 320 g/mol. The smallest absolute Gasteiger partial charge is 0.231 e. The summed E-state index contributed by atoms with van der Waals surface area (Å²) in [5.41, 5.74) is 0.876. The first kappa shape index (κ1) is 15.4. The average molecular weight is 320 g/mol. The Morgan fingerprint density at radius 2 is 1.74 bits per heavy atom. The number of nitrogens with zero attached hydrogens (tertiary/aromatic N) is 2. The molecule has 1 heterocycles. The van der Waals surface area contributed by atoms with Gasteiger partial charge in [0.1, 0.15) is 17.5 Å². The van der Waals surface area contributed by atoms with Crippen molar-refractivity contribution in [2.75, 3.05) is 29.9 Å². The van der Waals surface area contributed by atoms with Gasteiger partial charge in [-0.1, -0.05) is 6.07 Å². The van der Waals surface area contributed by atoms with Crippen LogP contribution in [-0.2, 0) is 11.2 Å². The summed E-state index contributed by atoms with van der Waals surface area (Å²) >= 11 is 0. The molecule has 0 aliphatic carbocycles. The summed E-state index contributed by atoms with van der Waals surface area (Å²) in [4.78, 5) is 15.8. The minimum Gasteiger partial charge on any atom is -0.371 e. The summed E-state index contributed by atoms with van der Waals surface area (Å²) in [6, 6.07) is 7.63. The Balaban J connectivity index is 1.91. The number of carbonyl (C=O) groups is 1. The Labute approximate surface area is 131 Å². The van der Waals surface area contributed by atoms with Gasteiger partial charge in [0.25, 0.3) is 0 Å². The Morgan fingerprint density at radius 3 is 2.43 bits per heavy atom. The van der Waals surface area contributed by atoms with Crippen LogP contribution in [-0.4, -0.2) is 26.0 Å². The van der Waals surface area contributed by atoms with Crippen molar-refractivity contribution in [1.29, 1.82) is 0 Å². The lowest BCUT2D eigenvalue weighted by Gasteiger charge is -2.35. The van der Waals surface area contributed by atoms with E-state index in [1.165, 1.54) is 29.2 Å². The van der Waals surface area contributed by atoms with Crippen molar-refractivity contribution in [3.05, 3.63) is 59.4 Å². The third-order valence-electron chi connectivity index (χ3n) is 3.99. The van der Waals surface area contributed by atoms with E-state index in [0.717, 1.165) is 12.1 Å². The fraction of sp³-hybridized carbons (Fsp3) is 0.235. The maximum Gasteiger partial charge on any atom is 0.231 e. The lowest BCUT2D eigenvalue weighted by atomic mass is 10.1. The normalized spacial score (nSPS) is 13.9. The van der Waals surface area contributed by atoms with Crippen LogP contribution in [0.5, 0.6) is 0 Å². The van der Waals surface area contributed by atoms with E-state index in [1.54, 1.807) is 7.05 Å². The summed E-state index contributed by atoms with van der Waals surface area (Å²) in [5, 5.41) is 0. The van der Waals surface area contributed by atoms with E-state index in [4.69, 9.17) is 0 Å². The lowest BCUT2D eigenvalue weighted by molar-refractivity contribution is -0.118. The van der Waals surface area contributed by atoms with Crippen LogP contribution in [0, 0.1) is 17.5 Å². The zero-order valence-corrected chi connectivity index (χ0v) is 12.5. The largest absolute Gasteiger partial charge is 0.371 e. The van der Waals surface area contributed by atoms with Gasteiger partial charge >= 0.3 is 0 Å². The van der Waals surface area contributed by atoms with Gasteiger partial charge in [-0.25, -0.2) is 13.2 Å². The molecule has 3 nitrogen and oxygen atoms in total. The molecule has 0 bridgehead atoms. The summed E-state index contributed by atoms with van der Waals surface area (Å²) in [5.74, 6) is -2.31. The predicted octanol–water partition coefficient (Wildman–Crippen LogP) is 3.13. The van der Waals surface area contributed by atoms with E-state index in [-0.39, 0.29) is 12.0 Å². The van der Waals surface area contributed by atoms with E-state index >= 15 is 0 Å². The van der Waals surface area contributed by atoms with Crippen LogP contribution in [0.2, 0.25) is 0 Å². The van der Waals surface area contributed by atoms with E-state index in [9.17, 15) is 18.0 Å². The second-order valence-electron chi connectivity index (χ2n) is 5.48. The van der Waals surface area contributed by atoms with Crippen LogP contribution in [0.3, 0.4) is 0 Å². The highest BCUT2D eigenvalue weighted by atomic mass is 19.1. The molecule has 0 unspecified atom stereocenters. The highest BCUT2D eigenvalue weighted by Crippen LogP contribution is 2.33. The molecule has 120 valence electrons. The van der Waals surface area contributed by atoms with Crippen LogP contribution in [0.1, 0.15) is 5.56 Å². The minimum absolute atomic E-state index is 0.250. The summed E-state index contributed by atoms with van der Waals surface area (Å²) in [6.07, 6.45) is -0.376. The number of likely N-dealkylation sites (N-methyl/N-ethyl adjacent to an activating group) is 1. The van der Waals surface area contributed by atoms with Crippen LogP contribution in [0.15, 0.2) is 36.4 Å². The molecular formula is C17H15F3N2O. The van der Waals surface area contributed by atoms with Gasteiger partial charge in [-0.3, -0.25) is 4.79 Å². The predicted molar refractivity (Wildman–Crippen MR) is 82.1 cm³/mol. The van der Waals surface area contributed by atoms with Crippen molar-refractivity contribution in [2.45, 2.75) is 6.42 Å². The van der Waals surface area contributed by atoms with E-state index < -0.39 is 23.4 Å². The standard InChI is InChI=1S/C17H15F3N2O/c1-21-7-8-22(15-6-5-11(18)9-16(15)21)17(23)10-12-13(19)3-2-4-14(12)20/h2-6,9H,7-8,10H2,1H3. The molecule has 0 radical (unpaired) electrons. The molecule has 2 aromatic rings. The van der Waals surface area contributed by atoms with Gasteiger partial charge in [0.15, 0.2) is 0 Å². The molecule has 1 amide bonds. The van der Waals surface area contributed by atoms with Crippen molar-refractivity contribution >= 4 is 17.3 Å². The number of benzene rings is 2. The molecule has 1 aliphatic rings. The second-order valence-corrected chi connectivity index (χ2v) is 5.48. The number of rotatable bonds is 2. The van der Waals surface area contributed by atoms with Crippen molar-refractivity contribution < 1.29 is 18.0 Å². The molecule has 0 saturated heterocycles. The lowest BCUT2D eigenvalue weighted by Crippen LogP contribution is -2.43. The van der Waals surface area contributed by atoms with Crippen molar-refractivity contribution in [3.8, 4) is 0 Å². The number of carbonyl (C=O) groups excluding carboxylic acids is 1. The Bertz CT molecular complexity index is 743. The highest BCUT2D eigenvalue weighted by molar-refractivity contribution is 5.98. The number of fused-ring (bicyclic) bond motifs is 1. The summed E-state index contributed by atoms with van der Waals surface area (Å²) in [6.45, 7) is 0.895. The maximum atomic E-state index is 13.7. The van der Waals surface area contributed by atoms with Crippen molar-refractivity contribution in [3.63, 3.8) is 0 Å². The topological polar surface area (TPSA) is 23.6 Å². The van der Waals surface area contributed by atoms with Gasteiger partial charge in [0.05, 0.1) is 17.8 Å². The van der Waals surface area contributed by atoms with Gasteiger partial charge in [-0.2, -0.15) is 0 Å². The van der Waals surface area contributed by atoms with Crippen LogP contribution < -0.4 is 9.80 Å². The van der Waals surface area contributed by atoms with Gasteiger partial charge in [0.2, 0.25) is 5.91 Å². The molecule has 0 aromatic heterocycles. The number of halogens is 3. The molecular weight excluding hydrogens is 305 g/mol. The quantitative estimate of drug-likeness (QED) is 0.849. The van der Waals surface area contributed by atoms with Gasteiger partial charge in [0, 0.05) is 25.7 Å². The van der Waals surface area contributed by atoms with Gasteiger partial charge in [-0.15, -0.1) is 0 Å². The molecule has 0 fully saturated rings. The van der Waals surface area contributed by atoms with E-state index in [1.807, 2.05) is 4.90 Å². The van der Waals surface area contributed by atoms with Crippen LogP contribution in [0.4, 0.5) is 24.5 Å². The Morgan fingerprint density at radius 1 is 1.04 bits per heavy atom. The molecule has 0 spiro atoms. The molecule has 0 N–H and O–H groups in total. The van der Waals surface area contributed by atoms with Crippen LogP contribution in [0.25, 0.3) is 0 Å². The first-order chi connectivity index (χ1) is 11.0. The third-order valence-corrected chi connectivity index (χ3v) is 3.99. The van der Waals surface area contributed by atoms with Crippen molar-refractivity contribution in [1.82, 2.24) is 0 Å². The Kier molecular flexibility index (Phi) is 3.98. The fourth-order valence-corrected chi connectivity index (χ4v) is 2.73. The highest BCUT2D eigenvalue weighted by Gasteiger charge is 2.26. The van der Waals surface area contributed by atoms with Crippen molar-refractivity contribution in [2.24, 2.45) is 0 Å². The first-order valence-corrected chi connectivity index (χ1v) is 7.21. The van der Waals surface area contributed by atoms with Gasteiger partial charge < -0.3 is 9.80 Å². The fourth-order valence-electron chi connectivity index (χ4n) is 2.73. The molecule has 2 aromatic carbocycles.